The van der Waals surface area contributed by atoms with Gasteiger partial charge in [0.1, 0.15) is 17.1 Å². The monoisotopic (exact) mass is 289 g/mol. The third kappa shape index (κ3) is 4.36. The second-order valence-corrected chi connectivity index (χ2v) is 5.13. The van der Waals surface area contributed by atoms with Crippen LogP contribution in [0.15, 0.2) is 47.1 Å². The number of amides is 1. The summed E-state index contributed by atoms with van der Waals surface area (Å²) >= 11 is 0. The number of benzene rings is 1. The van der Waals surface area contributed by atoms with E-state index in [1.807, 2.05) is 25.1 Å². The van der Waals surface area contributed by atoms with Crippen molar-refractivity contribution in [2.45, 2.75) is 19.4 Å². The SMILES string of the molecule is Cc1cccc(OCC(=O)NCC(C)(O)c2ccco2)c1. The molecule has 0 aliphatic heterocycles. The summed E-state index contributed by atoms with van der Waals surface area (Å²) in [5, 5.41) is 12.8. The summed E-state index contributed by atoms with van der Waals surface area (Å²) in [6.07, 6.45) is 1.48. The first-order valence-electron chi connectivity index (χ1n) is 6.70. The molecule has 0 radical (unpaired) electrons. The van der Waals surface area contributed by atoms with Crippen molar-refractivity contribution in [3.05, 3.63) is 54.0 Å². The molecular weight excluding hydrogens is 270 g/mol. The molecule has 0 spiro atoms. The Balaban J connectivity index is 1.80. The van der Waals surface area contributed by atoms with Gasteiger partial charge in [0, 0.05) is 0 Å². The van der Waals surface area contributed by atoms with E-state index >= 15 is 0 Å². The number of ether oxygens (including phenoxy) is 1. The van der Waals surface area contributed by atoms with Crippen LogP contribution in [0, 0.1) is 6.92 Å². The van der Waals surface area contributed by atoms with E-state index in [4.69, 9.17) is 9.15 Å². The maximum absolute atomic E-state index is 11.7. The molecule has 2 rings (SSSR count). The molecule has 1 amide bonds. The summed E-state index contributed by atoms with van der Waals surface area (Å²) in [5.41, 5.74) is -0.184. The van der Waals surface area contributed by atoms with Crippen molar-refractivity contribution < 1.29 is 19.1 Å². The van der Waals surface area contributed by atoms with Crippen molar-refractivity contribution in [3.63, 3.8) is 0 Å². The van der Waals surface area contributed by atoms with Crippen LogP contribution >= 0.6 is 0 Å². The Morgan fingerprint density at radius 1 is 1.38 bits per heavy atom. The first kappa shape index (κ1) is 15.1. The number of hydrogen-bond donors (Lipinski definition) is 2. The van der Waals surface area contributed by atoms with Crippen LogP contribution in [0.2, 0.25) is 0 Å². The number of furan rings is 1. The van der Waals surface area contributed by atoms with E-state index < -0.39 is 5.60 Å². The van der Waals surface area contributed by atoms with Gasteiger partial charge in [0.25, 0.3) is 5.91 Å². The van der Waals surface area contributed by atoms with Crippen molar-refractivity contribution in [3.8, 4) is 5.75 Å². The molecule has 0 saturated carbocycles. The molecule has 5 heteroatoms. The van der Waals surface area contributed by atoms with Crippen molar-refractivity contribution in [1.29, 1.82) is 0 Å². The number of carbonyl (C=O) groups is 1. The van der Waals surface area contributed by atoms with Gasteiger partial charge in [-0.15, -0.1) is 0 Å². The fourth-order valence-corrected chi connectivity index (χ4v) is 1.85. The van der Waals surface area contributed by atoms with Crippen LogP contribution in [0.25, 0.3) is 0 Å². The number of aliphatic hydroxyl groups is 1. The molecule has 0 aliphatic rings. The van der Waals surface area contributed by atoms with Gasteiger partial charge >= 0.3 is 0 Å². The highest BCUT2D eigenvalue weighted by molar-refractivity contribution is 5.77. The van der Waals surface area contributed by atoms with Gasteiger partial charge in [-0.2, -0.15) is 0 Å². The maximum Gasteiger partial charge on any atom is 0.258 e. The Labute approximate surface area is 123 Å². The van der Waals surface area contributed by atoms with E-state index in [0.717, 1.165) is 5.56 Å². The molecule has 1 heterocycles. The molecule has 0 aliphatic carbocycles. The molecule has 2 aromatic rings. The molecular formula is C16H19NO4. The smallest absolute Gasteiger partial charge is 0.258 e. The second-order valence-electron chi connectivity index (χ2n) is 5.13. The zero-order valence-corrected chi connectivity index (χ0v) is 12.1. The van der Waals surface area contributed by atoms with Gasteiger partial charge in [-0.3, -0.25) is 4.79 Å². The Morgan fingerprint density at radius 3 is 2.86 bits per heavy atom. The Kier molecular flexibility index (Phi) is 4.65. The van der Waals surface area contributed by atoms with Gasteiger partial charge in [-0.05, 0) is 43.7 Å². The van der Waals surface area contributed by atoms with Gasteiger partial charge in [-0.25, -0.2) is 0 Å². The lowest BCUT2D eigenvalue weighted by molar-refractivity contribution is -0.124. The Morgan fingerprint density at radius 2 is 2.19 bits per heavy atom. The molecule has 0 bridgehead atoms. The summed E-state index contributed by atoms with van der Waals surface area (Å²) in [6.45, 7) is 3.48. The summed E-state index contributed by atoms with van der Waals surface area (Å²) in [5.74, 6) is 0.744. The molecule has 1 aromatic heterocycles. The number of rotatable bonds is 6. The molecule has 5 nitrogen and oxygen atoms in total. The molecule has 0 saturated heterocycles. The minimum Gasteiger partial charge on any atom is -0.484 e. The third-order valence-corrected chi connectivity index (χ3v) is 3.04. The molecule has 0 fully saturated rings. The van der Waals surface area contributed by atoms with Gasteiger partial charge in [-0.1, -0.05) is 12.1 Å². The average molecular weight is 289 g/mol. The lowest BCUT2D eigenvalue weighted by atomic mass is 10.0. The van der Waals surface area contributed by atoms with Crippen molar-refractivity contribution in [2.24, 2.45) is 0 Å². The lowest BCUT2D eigenvalue weighted by Gasteiger charge is -2.21. The Hall–Kier alpha value is -2.27. The lowest BCUT2D eigenvalue weighted by Crippen LogP contribution is -2.40. The topological polar surface area (TPSA) is 71.7 Å². The van der Waals surface area contributed by atoms with Crippen LogP contribution in [0.3, 0.4) is 0 Å². The normalized spacial score (nSPS) is 13.5. The van der Waals surface area contributed by atoms with Gasteiger partial charge in [0.05, 0.1) is 12.8 Å². The minimum atomic E-state index is -1.25. The first-order valence-corrected chi connectivity index (χ1v) is 6.70. The Bertz CT molecular complexity index is 590. The molecule has 1 atom stereocenters. The van der Waals surface area contributed by atoms with Crippen LogP contribution < -0.4 is 10.1 Å². The second kappa shape index (κ2) is 6.45. The highest BCUT2D eigenvalue weighted by Gasteiger charge is 2.26. The van der Waals surface area contributed by atoms with Crippen LogP contribution in [0.1, 0.15) is 18.2 Å². The number of aryl methyl sites for hydroxylation is 1. The first-order chi connectivity index (χ1) is 9.97. The minimum absolute atomic E-state index is 0.0521. The number of hydrogen-bond acceptors (Lipinski definition) is 4. The quantitative estimate of drug-likeness (QED) is 0.853. The van der Waals surface area contributed by atoms with E-state index in [1.165, 1.54) is 6.26 Å². The van der Waals surface area contributed by atoms with Crippen LogP contribution in [0.5, 0.6) is 5.75 Å². The maximum atomic E-state index is 11.7. The van der Waals surface area contributed by atoms with E-state index in [0.29, 0.717) is 11.5 Å². The standard InChI is InChI=1S/C16H19NO4/c1-12-5-3-6-13(9-12)21-10-15(18)17-11-16(2,19)14-7-4-8-20-14/h3-9,19H,10-11H2,1-2H3,(H,17,18). The highest BCUT2D eigenvalue weighted by atomic mass is 16.5. The summed E-state index contributed by atoms with van der Waals surface area (Å²) in [4.78, 5) is 11.7. The van der Waals surface area contributed by atoms with E-state index in [-0.39, 0.29) is 19.1 Å². The van der Waals surface area contributed by atoms with Crippen molar-refractivity contribution in [1.82, 2.24) is 5.32 Å². The van der Waals surface area contributed by atoms with E-state index in [9.17, 15) is 9.90 Å². The molecule has 1 aromatic carbocycles. The molecule has 1 unspecified atom stereocenters. The predicted octanol–water partition coefficient (Wildman–Crippen LogP) is 1.99. The van der Waals surface area contributed by atoms with Crippen molar-refractivity contribution in [2.75, 3.05) is 13.2 Å². The van der Waals surface area contributed by atoms with Crippen LogP contribution in [0.4, 0.5) is 0 Å². The largest absolute Gasteiger partial charge is 0.484 e. The summed E-state index contributed by atoms with van der Waals surface area (Å²) in [7, 11) is 0. The number of nitrogens with one attached hydrogen (secondary N) is 1. The number of carbonyl (C=O) groups excluding carboxylic acids is 1. The van der Waals surface area contributed by atoms with Gasteiger partial charge < -0.3 is 19.6 Å². The van der Waals surface area contributed by atoms with Crippen molar-refractivity contribution >= 4 is 5.91 Å². The van der Waals surface area contributed by atoms with Crippen LogP contribution in [-0.2, 0) is 10.4 Å². The zero-order chi connectivity index (χ0) is 15.3. The fourth-order valence-electron chi connectivity index (χ4n) is 1.85. The predicted molar refractivity (Wildman–Crippen MR) is 78.0 cm³/mol. The van der Waals surface area contributed by atoms with E-state index in [1.54, 1.807) is 25.1 Å². The highest BCUT2D eigenvalue weighted by Crippen LogP contribution is 2.19. The van der Waals surface area contributed by atoms with Gasteiger partial charge in [0.2, 0.25) is 0 Å². The summed E-state index contributed by atoms with van der Waals surface area (Å²) < 4.78 is 10.5. The van der Waals surface area contributed by atoms with Gasteiger partial charge in [0.15, 0.2) is 6.61 Å². The zero-order valence-electron chi connectivity index (χ0n) is 12.1. The average Bonchev–Trinajstić information content (AvgIpc) is 2.98. The summed E-state index contributed by atoms with van der Waals surface area (Å²) in [6, 6.07) is 10.8. The molecule has 112 valence electrons. The molecule has 21 heavy (non-hydrogen) atoms. The van der Waals surface area contributed by atoms with Crippen LogP contribution in [-0.4, -0.2) is 24.2 Å². The molecule has 2 N–H and O–H groups in total. The van der Waals surface area contributed by atoms with E-state index in [2.05, 4.69) is 5.32 Å². The fraction of sp³-hybridized carbons (Fsp3) is 0.312. The third-order valence-electron chi connectivity index (χ3n) is 3.04.